The molecular weight excluding hydrogens is 96.1 g/mol. The highest BCUT2D eigenvalue weighted by Crippen LogP contribution is 2.42. The summed E-state index contributed by atoms with van der Waals surface area (Å²) in [5.41, 5.74) is 0. The van der Waals surface area contributed by atoms with Crippen LogP contribution >= 0.6 is 0 Å². The fraction of sp³-hybridized carbons (Fsp3) is 0.750. The second-order valence-electron chi connectivity index (χ2n) is 2.82. The molecule has 2 aliphatic carbocycles. The highest BCUT2D eigenvalue weighted by atomic mass is 14.4. The zero-order valence-electron chi connectivity index (χ0n) is 4.98. The summed E-state index contributed by atoms with van der Waals surface area (Å²) >= 11 is 0. The van der Waals surface area contributed by atoms with Crippen LogP contribution in [0.25, 0.3) is 0 Å². The molecule has 2 rings (SSSR count). The Morgan fingerprint density at radius 2 is 2.38 bits per heavy atom. The van der Waals surface area contributed by atoms with E-state index in [1.807, 2.05) is 0 Å². The van der Waals surface area contributed by atoms with Crippen molar-refractivity contribution in [3.05, 3.63) is 0 Å². The van der Waals surface area contributed by atoms with Gasteiger partial charge in [0.25, 0.3) is 0 Å². The molecule has 0 saturated heterocycles. The van der Waals surface area contributed by atoms with Gasteiger partial charge in [-0.3, -0.25) is 0 Å². The van der Waals surface area contributed by atoms with E-state index in [0.717, 1.165) is 18.3 Å². The molecule has 0 spiro atoms. The van der Waals surface area contributed by atoms with Crippen LogP contribution < -0.4 is 0 Å². The van der Waals surface area contributed by atoms with E-state index >= 15 is 0 Å². The minimum absolute atomic E-state index is 0.831. The van der Waals surface area contributed by atoms with E-state index in [2.05, 4.69) is 11.8 Å². The first-order valence-electron chi connectivity index (χ1n) is 3.45. The predicted molar refractivity (Wildman–Crippen MR) is 33.2 cm³/mol. The van der Waals surface area contributed by atoms with Gasteiger partial charge in [-0.1, -0.05) is 5.92 Å². The topological polar surface area (TPSA) is 0 Å². The molecule has 0 aromatic carbocycles. The molecule has 1 saturated carbocycles. The Hall–Kier alpha value is -0.440. The largest absolute Gasteiger partial charge is 0.103 e. The Morgan fingerprint density at radius 3 is 3.38 bits per heavy atom. The summed E-state index contributed by atoms with van der Waals surface area (Å²) in [7, 11) is 0. The quantitative estimate of drug-likeness (QED) is 0.413. The standard InChI is InChI=1S/C8H10/c1-2-4-7-6-8(7)5-3-1/h7-8H,1-2,4,6H2/t7-,8-/m0/s1. The van der Waals surface area contributed by atoms with Crippen LogP contribution in [-0.2, 0) is 0 Å². The van der Waals surface area contributed by atoms with Crippen molar-refractivity contribution in [2.45, 2.75) is 25.7 Å². The van der Waals surface area contributed by atoms with Crippen molar-refractivity contribution < 1.29 is 0 Å². The van der Waals surface area contributed by atoms with Crippen molar-refractivity contribution in [1.82, 2.24) is 0 Å². The molecule has 0 nitrogen and oxygen atoms in total. The number of fused-ring (bicyclic) bond motifs is 1. The van der Waals surface area contributed by atoms with Crippen molar-refractivity contribution in [3.63, 3.8) is 0 Å². The van der Waals surface area contributed by atoms with E-state index < -0.39 is 0 Å². The van der Waals surface area contributed by atoms with E-state index in [9.17, 15) is 0 Å². The molecule has 0 radical (unpaired) electrons. The van der Waals surface area contributed by atoms with Gasteiger partial charge in [0, 0.05) is 12.3 Å². The number of rotatable bonds is 0. The van der Waals surface area contributed by atoms with E-state index in [1.54, 1.807) is 0 Å². The third kappa shape index (κ3) is 0.629. The van der Waals surface area contributed by atoms with E-state index in [0.29, 0.717) is 0 Å². The molecule has 0 aliphatic heterocycles. The highest BCUT2D eigenvalue weighted by molar-refractivity contribution is 5.14. The predicted octanol–water partition coefficient (Wildman–Crippen LogP) is 1.81. The summed E-state index contributed by atoms with van der Waals surface area (Å²) in [6.45, 7) is 0. The molecule has 8 heavy (non-hydrogen) atoms. The smallest absolute Gasteiger partial charge is 0.0234 e. The maximum atomic E-state index is 3.27. The normalized spacial score (nSPS) is 41.0. The maximum absolute atomic E-state index is 3.27. The second kappa shape index (κ2) is 1.52. The Bertz CT molecular complexity index is 147. The first-order valence-corrected chi connectivity index (χ1v) is 3.45. The van der Waals surface area contributed by atoms with Crippen LogP contribution in [-0.4, -0.2) is 0 Å². The van der Waals surface area contributed by atoms with Gasteiger partial charge in [-0.25, -0.2) is 0 Å². The fourth-order valence-electron chi connectivity index (χ4n) is 1.40. The minimum Gasteiger partial charge on any atom is -0.103 e. The molecule has 2 aliphatic rings. The van der Waals surface area contributed by atoms with Crippen molar-refractivity contribution >= 4 is 0 Å². The minimum atomic E-state index is 0.831. The van der Waals surface area contributed by atoms with E-state index in [-0.39, 0.29) is 0 Å². The van der Waals surface area contributed by atoms with E-state index in [1.165, 1.54) is 19.3 Å². The molecule has 0 aromatic rings. The van der Waals surface area contributed by atoms with Gasteiger partial charge in [0.05, 0.1) is 0 Å². The van der Waals surface area contributed by atoms with Crippen molar-refractivity contribution in [1.29, 1.82) is 0 Å². The molecule has 1 fully saturated rings. The monoisotopic (exact) mass is 106 g/mol. The van der Waals surface area contributed by atoms with Crippen LogP contribution in [0, 0.1) is 23.7 Å². The van der Waals surface area contributed by atoms with Gasteiger partial charge < -0.3 is 0 Å². The molecule has 0 heteroatoms. The van der Waals surface area contributed by atoms with Crippen LogP contribution in [0.1, 0.15) is 25.7 Å². The van der Waals surface area contributed by atoms with Gasteiger partial charge in [-0.2, -0.15) is 0 Å². The fourth-order valence-corrected chi connectivity index (χ4v) is 1.40. The zero-order valence-corrected chi connectivity index (χ0v) is 4.98. The SMILES string of the molecule is C1#C[C@H]2C[C@@H]2CCC1. The van der Waals surface area contributed by atoms with Gasteiger partial charge in [0.15, 0.2) is 0 Å². The summed E-state index contributed by atoms with van der Waals surface area (Å²) in [5, 5.41) is 0. The lowest BCUT2D eigenvalue weighted by Gasteiger charge is -1.87. The molecule has 2 atom stereocenters. The van der Waals surface area contributed by atoms with E-state index in [4.69, 9.17) is 0 Å². The Kier molecular flexibility index (Phi) is 0.842. The van der Waals surface area contributed by atoms with Crippen LogP contribution in [0.4, 0.5) is 0 Å². The van der Waals surface area contributed by atoms with Gasteiger partial charge in [0.1, 0.15) is 0 Å². The maximum Gasteiger partial charge on any atom is 0.0234 e. The lowest BCUT2D eigenvalue weighted by Crippen LogP contribution is -1.75. The van der Waals surface area contributed by atoms with Crippen LogP contribution in [0.5, 0.6) is 0 Å². The summed E-state index contributed by atoms with van der Waals surface area (Å²) in [6.07, 6.45) is 5.36. The Balaban J connectivity index is 2.08. The first kappa shape index (κ1) is 4.44. The van der Waals surface area contributed by atoms with Crippen molar-refractivity contribution in [2.75, 3.05) is 0 Å². The lowest BCUT2D eigenvalue weighted by atomic mass is 10.2. The Morgan fingerprint density at radius 1 is 1.38 bits per heavy atom. The van der Waals surface area contributed by atoms with Crippen LogP contribution in [0.2, 0.25) is 0 Å². The van der Waals surface area contributed by atoms with Gasteiger partial charge in [0.2, 0.25) is 0 Å². The molecule has 0 aromatic heterocycles. The van der Waals surface area contributed by atoms with Crippen LogP contribution in [0.15, 0.2) is 0 Å². The molecule has 0 bridgehead atoms. The van der Waals surface area contributed by atoms with Crippen molar-refractivity contribution in [2.24, 2.45) is 11.8 Å². The third-order valence-corrected chi connectivity index (χ3v) is 2.09. The van der Waals surface area contributed by atoms with Gasteiger partial charge in [-0.15, -0.1) is 5.92 Å². The molecule has 0 unspecified atom stereocenters. The molecule has 0 heterocycles. The summed E-state index contributed by atoms with van der Waals surface area (Å²) < 4.78 is 0. The van der Waals surface area contributed by atoms with Crippen molar-refractivity contribution in [3.8, 4) is 11.8 Å². The van der Waals surface area contributed by atoms with Gasteiger partial charge >= 0.3 is 0 Å². The average Bonchev–Trinajstić information content (AvgIpc) is 2.36. The summed E-state index contributed by atoms with van der Waals surface area (Å²) in [5.74, 6) is 8.31. The highest BCUT2D eigenvalue weighted by Gasteiger charge is 2.35. The first-order chi connectivity index (χ1) is 3.97. The summed E-state index contributed by atoms with van der Waals surface area (Å²) in [4.78, 5) is 0. The number of hydrogen-bond acceptors (Lipinski definition) is 0. The van der Waals surface area contributed by atoms with Gasteiger partial charge in [-0.05, 0) is 25.2 Å². The Labute approximate surface area is 50.3 Å². The molecular formula is C8H10. The molecule has 0 N–H and O–H groups in total. The zero-order chi connectivity index (χ0) is 5.40. The lowest BCUT2D eigenvalue weighted by molar-refractivity contribution is 0.670. The third-order valence-electron chi connectivity index (χ3n) is 2.09. The second-order valence-corrected chi connectivity index (χ2v) is 2.82. The molecule has 42 valence electrons. The van der Waals surface area contributed by atoms with Crippen LogP contribution in [0.3, 0.4) is 0 Å². The summed E-state index contributed by atoms with van der Waals surface area (Å²) in [6, 6.07) is 0. The average molecular weight is 106 g/mol. The molecule has 0 amide bonds. The number of hydrogen-bond donors (Lipinski definition) is 0.